The van der Waals surface area contributed by atoms with E-state index in [0.717, 1.165) is 44.1 Å². The molecule has 0 aromatic heterocycles. The average molecular weight is 359 g/mol. The quantitative estimate of drug-likeness (QED) is 0.392. The zero-order valence-corrected chi connectivity index (χ0v) is 15.1. The molecule has 0 spiro atoms. The van der Waals surface area contributed by atoms with Gasteiger partial charge in [-0.3, -0.25) is 9.59 Å². The molecule has 23 heavy (non-hydrogen) atoms. The van der Waals surface area contributed by atoms with Gasteiger partial charge in [-0.2, -0.15) is 0 Å². The van der Waals surface area contributed by atoms with Gasteiger partial charge in [0.15, 0.2) is 0 Å². The lowest BCUT2D eigenvalue weighted by Crippen LogP contribution is -2.03. The van der Waals surface area contributed by atoms with Crippen LogP contribution >= 0.6 is 23.2 Å². The Kier molecular flexibility index (Phi) is 9.97. The van der Waals surface area contributed by atoms with Gasteiger partial charge in [0.05, 0.1) is 7.11 Å². The first kappa shape index (κ1) is 20.0. The zero-order chi connectivity index (χ0) is 17.1. The van der Waals surface area contributed by atoms with E-state index in [4.69, 9.17) is 23.2 Å². The van der Waals surface area contributed by atoms with Gasteiger partial charge in [-0.15, -0.1) is 0 Å². The highest BCUT2D eigenvalue weighted by Crippen LogP contribution is 2.22. The molecule has 0 radical (unpaired) electrons. The summed E-state index contributed by atoms with van der Waals surface area (Å²) in [6, 6.07) is 5.23. The van der Waals surface area contributed by atoms with E-state index < -0.39 is 0 Å². The van der Waals surface area contributed by atoms with Gasteiger partial charge in [0, 0.05) is 29.3 Å². The van der Waals surface area contributed by atoms with E-state index in [1.54, 1.807) is 12.1 Å². The predicted octanol–water partition coefficient (Wildman–Crippen LogP) is 5.40. The van der Waals surface area contributed by atoms with E-state index in [-0.39, 0.29) is 11.8 Å². The fraction of sp³-hybridized carbons (Fsp3) is 0.556. The molecule has 0 saturated heterocycles. The summed E-state index contributed by atoms with van der Waals surface area (Å²) in [6.45, 7) is 0. The van der Waals surface area contributed by atoms with Gasteiger partial charge in [0.2, 0.25) is 0 Å². The lowest BCUT2D eigenvalue weighted by molar-refractivity contribution is -0.140. The standard InChI is InChI=1S/C18H24Cl2O3/c1-23-18(22)9-7-5-3-2-4-6-8-16(21)12-14-10-11-15(19)13-17(14)20/h10-11,13H,2-9,12H2,1H3. The Hall–Kier alpha value is -1.06. The molecule has 5 heteroatoms. The minimum Gasteiger partial charge on any atom is -0.469 e. The van der Waals surface area contributed by atoms with Crippen molar-refractivity contribution in [1.82, 2.24) is 0 Å². The molecule has 0 unspecified atom stereocenters. The van der Waals surface area contributed by atoms with Crippen LogP contribution in [0.3, 0.4) is 0 Å². The smallest absolute Gasteiger partial charge is 0.305 e. The molecule has 1 aromatic carbocycles. The number of ketones is 1. The van der Waals surface area contributed by atoms with Crippen LogP contribution in [0.25, 0.3) is 0 Å². The maximum Gasteiger partial charge on any atom is 0.305 e. The Morgan fingerprint density at radius 2 is 1.57 bits per heavy atom. The SMILES string of the molecule is COC(=O)CCCCCCCCC(=O)Cc1ccc(Cl)cc1Cl. The minimum atomic E-state index is -0.142. The van der Waals surface area contributed by atoms with Gasteiger partial charge in [-0.25, -0.2) is 0 Å². The van der Waals surface area contributed by atoms with E-state index in [0.29, 0.717) is 29.3 Å². The van der Waals surface area contributed by atoms with Crippen LogP contribution in [0.2, 0.25) is 10.0 Å². The molecule has 1 aromatic rings. The summed E-state index contributed by atoms with van der Waals surface area (Å²) in [4.78, 5) is 22.9. The highest BCUT2D eigenvalue weighted by molar-refractivity contribution is 6.35. The third kappa shape index (κ3) is 8.97. The summed E-state index contributed by atoms with van der Waals surface area (Å²) >= 11 is 11.9. The van der Waals surface area contributed by atoms with Crippen molar-refractivity contribution in [2.75, 3.05) is 7.11 Å². The Morgan fingerprint density at radius 1 is 0.957 bits per heavy atom. The third-order valence-corrected chi connectivity index (χ3v) is 4.30. The molecule has 0 fully saturated rings. The lowest BCUT2D eigenvalue weighted by atomic mass is 10.0. The molecule has 1 rings (SSSR count). The maximum atomic E-state index is 11.9. The van der Waals surface area contributed by atoms with Crippen LogP contribution < -0.4 is 0 Å². The second kappa shape index (κ2) is 11.5. The number of unbranched alkanes of at least 4 members (excludes halogenated alkanes) is 5. The van der Waals surface area contributed by atoms with E-state index in [1.165, 1.54) is 7.11 Å². The monoisotopic (exact) mass is 358 g/mol. The number of esters is 1. The average Bonchev–Trinajstić information content (AvgIpc) is 2.52. The van der Waals surface area contributed by atoms with Crippen LogP contribution in [0.5, 0.6) is 0 Å². The van der Waals surface area contributed by atoms with Gasteiger partial charge < -0.3 is 4.74 Å². The van der Waals surface area contributed by atoms with E-state index >= 15 is 0 Å². The number of carbonyl (C=O) groups excluding carboxylic acids is 2. The summed E-state index contributed by atoms with van der Waals surface area (Å²) in [5.41, 5.74) is 0.837. The molecule has 0 aliphatic carbocycles. The molecule has 0 aliphatic rings. The Morgan fingerprint density at radius 3 is 2.17 bits per heavy atom. The second-order valence-corrected chi connectivity index (χ2v) is 6.49. The molecule has 0 atom stereocenters. The number of rotatable bonds is 11. The van der Waals surface area contributed by atoms with Crippen LogP contribution in [0.1, 0.15) is 56.9 Å². The maximum absolute atomic E-state index is 11.9. The van der Waals surface area contributed by atoms with Gasteiger partial charge in [0.25, 0.3) is 0 Å². The summed E-state index contributed by atoms with van der Waals surface area (Å²) in [6.07, 6.45) is 7.49. The topological polar surface area (TPSA) is 43.4 Å². The summed E-state index contributed by atoms with van der Waals surface area (Å²) < 4.78 is 4.59. The number of carbonyl (C=O) groups is 2. The largest absolute Gasteiger partial charge is 0.469 e. The van der Waals surface area contributed by atoms with Crippen molar-refractivity contribution in [2.24, 2.45) is 0 Å². The predicted molar refractivity (Wildman–Crippen MR) is 94.1 cm³/mol. The number of halogens is 2. The van der Waals surface area contributed by atoms with E-state index in [1.807, 2.05) is 6.07 Å². The van der Waals surface area contributed by atoms with Crippen molar-refractivity contribution in [2.45, 2.75) is 57.8 Å². The first-order chi connectivity index (χ1) is 11.0. The van der Waals surface area contributed by atoms with Gasteiger partial charge in [-0.1, -0.05) is 55.0 Å². The molecule has 0 heterocycles. The fourth-order valence-electron chi connectivity index (χ4n) is 2.37. The Balaban J connectivity index is 2.07. The number of methoxy groups -OCH3 is 1. The van der Waals surface area contributed by atoms with Crippen LogP contribution in [0, 0.1) is 0 Å². The Labute approximate surface area is 148 Å². The normalized spacial score (nSPS) is 10.6. The van der Waals surface area contributed by atoms with Crippen molar-refractivity contribution in [3.05, 3.63) is 33.8 Å². The molecule has 0 amide bonds. The first-order valence-corrected chi connectivity index (χ1v) is 8.81. The van der Waals surface area contributed by atoms with Crippen molar-refractivity contribution in [3.63, 3.8) is 0 Å². The molecular formula is C18H24Cl2O3. The van der Waals surface area contributed by atoms with Crippen molar-refractivity contribution in [1.29, 1.82) is 0 Å². The first-order valence-electron chi connectivity index (χ1n) is 8.05. The number of hydrogen-bond acceptors (Lipinski definition) is 3. The molecule has 0 bridgehead atoms. The second-order valence-electron chi connectivity index (χ2n) is 5.65. The van der Waals surface area contributed by atoms with Crippen molar-refractivity contribution < 1.29 is 14.3 Å². The summed E-state index contributed by atoms with van der Waals surface area (Å²) in [5.74, 6) is 0.0661. The molecule has 3 nitrogen and oxygen atoms in total. The van der Waals surface area contributed by atoms with Crippen molar-refractivity contribution in [3.8, 4) is 0 Å². The minimum absolute atomic E-state index is 0.142. The zero-order valence-electron chi connectivity index (χ0n) is 13.6. The molecule has 128 valence electrons. The van der Waals surface area contributed by atoms with Crippen LogP contribution in [0.15, 0.2) is 18.2 Å². The number of hydrogen-bond donors (Lipinski definition) is 0. The van der Waals surface area contributed by atoms with Crippen LogP contribution in [-0.4, -0.2) is 18.9 Å². The highest BCUT2D eigenvalue weighted by Gasteiger charge is 2.07. The Bertz CT molecular complexity index is 515. The van der Waals surface area contributed by atoms with Crippen LogP contribution in [0.4, 0.5) is 0 Å². The van der Waals surface area contributed by atoms with E-state index in [2.05, 4.69) is 4.74 Å². The third-order valence-electron chi connectivity index (χ3n) is 3.72. The number of Topliss-reactive ketones (excluding diaryl/α,β-unsaturated/α-hetero) is 1. The fourth-order valence-corrected chi connectivity index (χ4v) is 2.84. The summed E-state index contributed by atoms with van der Waals surface area (Å²) in [7, 11) is 1.41. The van der Waals surface area contributed by atoms with Gasteiger partial charge in [0.1, 0.15) is 5.78 Å². The molecule has 0 saturated carbocycles. The lowest BCUT2D eigenvalue weighted by Gasteiger charge is -2.05. The molecule has 0 N–H and O–H groups in total. The molecular weight excluding hydrogens is 335 g/mol. The molecule has 0 aliphatic heterocycles. The van der Waals surface area contributed by atoms with E-state index in [9.17, 15) is 9.59 Å². The van der Waals surface area contributed by atoms with Crippen molar-refractivity contribution >= 4 is 35.0 Å². The van der Waals surface area contributed by atoms with Crippen LogP contribution in [-0.2, 0) is 20.7 Å². The summed E-state index contributed by atoms with van der Waals surface area (Å²) in [5, 5.41) is 1.13. The van der Waals surface area contributed by atoms with Gasteiger partial charge in [-0.05, 0) is 30.5 Å². The number of ether oxygens (including phenoxy) is 1. The van der Waals surface area contributed by atoms with Gasteiger partial charge >= 0.3 is 5.97 Å². The highest BCUT2D eigenvalue weighted by atomic mass is 35.5. The number of benzene rings is 1.